The van der Waals surface area contributed by atoms with Crippen molar-refractivity contribution in [3.63, 3.8) is 0 Å². The molecule has 0 aliphatic heterocycles. The Kier molecular flexibility index (Phi) is 18.7. The molecule has 0 spiro atoms. The van der Waals surface area contributed by atoms with E-state index in [-0.39, 0.29) is 0 Å². The van der Waals surface area contributed by atoms with Gasteiger partial charge in [0.15, 0.2) is 23.3 Å². The van der Waals surface area contributed by atoms with Gasteiger partial charge in [-0.2, -0.15) is 0 Å². The van der Waals surface area contributed by atoms with Crippen molar-refractivity contribution in [2.24, 2.45) is 0 Å². The predicted molar refractivity (Wildman–Crippen MR) is 521 cm³/mol. The molecule has 24 rings (SSSR count). The van der Waals surface area contributed by atoms with Crippen molar-refractivity contribution >= 4 is 87.0 Å². The predicted octanol–water partition coefficient (Wildman–Crippen LogP) is 29.9. The van der Waals surface area contributed by atoms with Crippen LogP contribution in [0.2, 0.25) is 0 Å². The number of aromatic nitrogens is 9. The molecule has 0 N–H and O–H groups in total. The number of benzene rings is 18. The molecule has 0 saturated heterocycles. The Morgan fingerprint density at radius 3 is 0.762 bits per heavy atom. The van der Waals surface area contributed by atoms with E-state index in [1.807, 2.05) is 12.1 Å². The van der Waals surface area contributed by atoms with Crippen molar-refractivity contribution in [2.45, 2.75) is 0 Å². The molecular weight excluding hydrogens is 1530 g/mol. The third-order valence-corrected chi connectivity index (χ3v) is 24.3. The van der Waals surface area contributed by atoms with Gasteiger partial charge >= 0.3 is 0 Å². The van der Waals surface area contributed by atoms with Crippen LogP contribution in [0.5, 0.6) is 0 Å². The molecule has 0 aliphatic rings. The van der Waals surface area contributed by atoms with Crippen molar-refractivity contribution < 1.29 is 0 Å². The zero-order valence-corrected chi connectivity index (χ0v) is 68.3. The highest BCUT2D eigenvalue weighted by Gasteiger charge is 2.27. The van der Waals surface area contributed by atoms with Crippen molar-refractivity contribution in [3.05, 3.63) is 455 Å². The lowest BCUT2D eigenvalue weighted by molar-refractivity contribution is 1.08. The number of nitrogens with zero attached hydrogens (tertiary/aromatic N) is 9. The molecule has 0 amide bonds. The molecule has 18 aromatic carbocycles. The Balaban J connectivity index is 0.000000145. The molecule has 24 aromatic rings. The first kappa shape index (κ1) is 74.1. The van der Waals surface area contributed by atoms with Crippen LogP contribution in [0.3, 0.4) is 0 Å². The van der Waals surface area contributed by atoms with Gasteiger partial charge in [-0.3, -0.25) is 0 Å². The van der Waals surface area contributed by atoms with Gasteiger partial charge in [-0.1, -0.05) is 400 Å². The maximum absolute atomic E-state index is 5.37. The molecule has 0 fully saturated rings. The summed E-state index contributed by atoms with van der Waals surface area (Å²) >= 11 is 0. The van der Waals surface area contributed by atoms with E-state index in [2.05, 4.69) is 452 Å². The van der Waals surface area contributed by atoms with E-state index < -0.39 is 0 Å². The van der Waals surface area contributed by atoms with Gasteiger partial charge in [0, 0.05) is 87.6 Å². The quantitative estimate of drug-likeness (QED) is 0.107. The van der Waals surface area contributed by atoms with Crippen LogP contribution in [-0.4, -0.2) is 44.0 Å². The van der Waals surface area contributed by atoms with Gasteiger partial charge in [0.05, 0.1) is 67.3 Å². The van der Waals surface area contributed by atoms with Crippen LogP contribution in [0.4, 0.5) is 0 Å². The second-order valence-electron chi connectivity index (χ2n) is 31.7. The van der Waals surface area contributed by atoms with E-state index in [1.54, 1.807) is 0 Å². The standard InChI is InChI=1S/C59H38N4.C58H37N5/c1-4-16-39(17-5-1)41-28-32-43(33-29-41)52-38-53(44-34-30-42(31-35-44)40-18-6-2-7-19-40)62-59(61-52)48-36-37-55(47-23-11-10-22-46(47)48)63-54-27-15-13-25-50(54)56-57(45-20-8-3-9-21-45)60-51-26-14-12-24-49(51)58(56)63;1-4-16-38(17-5-1)40-28-32-43(33-29-40)56-60-57(44-34-30-41(31-35-44)39-18-6-2-7-19-39)62-58(61-56)47-36-37-52(46-23-11-10-22-45(46)47)63-51-27-15-13-25-49(51)53-54(42-20-8-3-9-21-42)59-50-26-14-12-24-48(50)55(53)63/h1-38H;1-37H. The smallest absolute Gasteiger partial charge is 0.164 e. The summed E-state index contributed by atoms with van der Waals surface area (Å²) in [4.78, 5) is 37.0. The highest BCUT2D eigenvalue weighted by molar-refractivity contribution is 6.25. The molecule has 588 valence electrons. The first-order valence-electron chi connectivity index (χ1n) is 42.6. The normalized spacial score (nSPS) is 11.5. The van der Waals surface area contributed by atoms with Gasteiger partial charge in [0.1, 0.15) is 0 Å². The van der Waals surface area contributed by atoms with E-state index >= 15 is 0 Å². The molecule has 6 aromatic heterocycles. The molecule has 0 saturated carbocycles. The molecule has 0 aliphatic carbocycles. The highest BCUT2D eigenvalue weighted by Crippen LogP contribution is 2.47. The largest absolute Gasteiger partial charge is 0.308 e. The molecule has 0 radical (unpaired) electrons. The summed E-state index contributed by atoms with van der Waals surface area (Å²) in [7, 11) is 0. The van der Waals surface area contributed by atoms with Crippen LogP contribution in [0.25, 0.3) is 233 Å². The van der Waals surface area contributed by atoms with Crippen LogP contribution >= 0.6 is 0 Å². The van der Waals surface area contributed by atoms with Gasteiger partial charge < -0.3 is 9.13 Å². The topological polar surface area (TPSA) is 100 Å². The van der Waals surface area contributed by atoms with E-state index in [1.165, 1.54) is 11.1 Å². The highest BCUT2D eigenvalue weighted by atomic mass is 15.0. The molecule has 0 atom stereocenters. The summed E-state index contributed by atoms with van der Waals surface area (Å²) in [6, 6.07) is 160. The summed E-state index contributed by atoms with van der Waals surface area (Å²) in [6.45, 7) is 0. The van der Waals surface area contributed by atoms with E-state index in [0.717, 1.165) is 199 Å². The van der Waals surface area contributed by atoms with Gasteiger partial charge in [-0.15, -0.1) is 0 Å². The fourth-order valence-electron chi connectivity index (χ4n) is 18.3. The Hall–Kier alpha value is -17.0. The van der Waals surface area contributed by atoms with E-state index in [0.29, 0.717) is 23.3 Å². The molecule has 0 unspecified atom stereocenters. The summed E-state index contributed by atoms with van der Waals surface area (Å²) < 4.78 is 4.87. The van der Waals surface area contributed by atoms with Crippen molar-refractivity contribution in [3.8, 4) is 146 Å². The van der Waals surface area contributed by atoms with Crippen LogP contribution in [0.1, 0.15) is 0 Å². The fraction of sp³-hybridized carbons (Fsp3) is 0. The fourth-order valence-corrected chi connectivity index (χ4v) is 18.3. The van der Waals surface area contributed by atoms with Gasteiger partial charge in [0.2, 0.25) is 0 Å². The Morgan fingerprint density at radius 1 is 0.159 bits per heavy atom. The van der Waals surface area contributed by atoms with Crippen molar-refractivity contribution in [1.29, 1.82) is 0 Å². The number of hydrogen-bond donors (Lipinski definition) is 0. The minimum absolute atomic E-state index is 0.611. The lowest BCUT2D eigenvalue weighted by atomic mass is 9.99. The molecule has 9 heteroatoms. The summed E-state index contributed by atoms with van der Waals surface area (Å²) in [5.74, 6) is 2.52. The lowest BCUT2D eigenvalue weighted by Gasteiger charge is -2.16. The number of pyridine rings is 2. The maximum atomic E-state index is 5.37. The number of para-hydroxylation sites is 4. The summed E-state index contributed by atoms with van der Waals surface area (Å²) in [5.41, 5.74) is 29.5. The van der Waals surface area contributed by atoms with Crippen LogP contribution in [0.15, 0.2) is 455 Å². The van der Waals surface area contributed by atoms with Crippen molar-refractivity contribution in [1.82, 2.24) is 44.0 Å². The number of fused-ring (bicyclic) bond motifs is 12. The van der Waals surface area contributed by atoms with Crippen LogP contribution < -0.4 is 0 Å². The average molecular weight is 1610 g/mol. The number of rotatable bonds is 14. The Labute approximate surface area is 727 Å². The monoisotopic (exact) mass is 1610 g/mol. The second kappa shape index (κ2) is 31.9. The van der Waals surface area contributed by atoms with E-state index in [9.17, 15) is 0 Å². The third kappa shape index (κ3) is 13.4. The van der Waals surface area contributed by atoms with Gasteiger partial charge in [-0.05, 0) is 110 Å². The molecule has 126 heavy (non-hydrogen) atoms. The Morgan fingerprint density at radius 2 is 0.413 bits per heavy atom. The SMILES string of the molecule is c1ccc(-c2ccc(-c3cc(-c4ccc(-c5ccccc5)cc4)nc(-c4ccc(-n5c6ccccc6c6c(-c7ccccc7)nc7ccccc7c65)c5ccccc45)n3)cc2)cc1.c1ccc(-c2ccc(-c3nc(-c4ccc(-c5ccccc5)cc4)nc(-c4ccc(-n5c6ccccc6c6c(-c7ccccc7)nc7ccccc7c65)c5ccccc45)n3)cc2)cc1. The number of hydrogen-bond acceptors (Lipinski definition) is 7. The lowest BCUT2D eigenvalue weighted by Crippen LogP contribution is -2.02. The molecule has 0 bridgehead atoms. The minimum Gasteiger partial charge on any atom is -0.308 e. The Bertz CT molecular complexity index is 7560. The molecular formula is C117H75N9. The zero-order valence-electron chi connectivity index (χ0n) is 68.3. The van der Waals surface area contributed by atoms with Gasteiger partial charge in [-0.25, -0.2) is 34.9 Å². The first-order valence-corrected chi connectivity index (χ1v) is 42.6. The second-order valence-corrected chi connectivity index (χ2v) is 31.7. The summed E-state index contributed by atoms with van der Waals surface area (Å²) in [5, 5.41) is 11.1. The average Bonchev–Trinajstić information content (AvgIpc) is 1.55. The first-order chi connectivity index (χ1) is 62.5. The van der Waals surface area contributed by atoms with E-state index in [4.69, 9.17) is 34.9 Å². The van der Waals surface area contributed by atoms with Crippen molar-refractivity contribution in [2.75, 3.05) is 0 Å². The van der Waals surface area contributed by atoms with Crippen LogP contribution in [0, 0.1) is 0 Å². The minimum atomic E-state index is 0.611. The maximum Gasteiger partial charge on any atom is 0.164 e. The van der Waals surface area contributed by atoms with Gasteiger partial charge in [0.25, 0.3) is 0 Å². The molecule has 9 nitrogen and oxygen atoms in total. The summed E-state index contributed by atoms with van der Waals surface area (Å²) in [6.07, 6.45) is 0. The van der Waals surface area contributed by atoms with Crippen LogP contribution in [-0.2, 0) is 0 Å². The third-order valence-electron chi connectivity index (χ3n) is 24.3. The zero-order chi connectivity index (χ0) is 83.4. The molecule has 6 heterocycles.